The number of hydrogen-bond donors (Lipinski definition) is 1. The molecule has 0 saturated heterocycles. The van der Waals surface area contributed by atoms with Gasteiger partial charge in [0.15, 0.2) is 0 Å². The third kappa shape index (κ3) is 3.22. The number of halogens is 2. The molecule has 1 aromatic rings. The lowest BCUT2D eigenvalue weighted by atomic mass is 10.4. The molecule has 0 unspecified atom stereocenters. The van der Waals surface area contributed by atoms with E-state index >= 15 is 0 Å². The maximum atomic E-state index is 11.8. The molecule has 1 N–H and O–H groups in total. The minimum absolute atomic E-state index is 0.0489. The van der Waals surface area contributed by atoms with Crippen LogP contribution in [-0.2, 0) is 10.0 Å². The molecular weight excluding hydrogens is 240 g/mol. The first-order valence-electron chi connectivity index (χ1n) is 4.09. The standard InChI is InChI=1S/C8H7F2N3O2S/c9-8(10)5-13-16(14,15)7-2-1-6(3-11)12-4-7/h1-2,4,8,13H,5H2. The van der Waals surface area contributed by atoms with Gasteiger partial charge in [-0.25, -0.2) is 26.9 Å². The van der Waals surface area contributed by atoms with Gasteiger partial charge in [0.25, 0.3) is 6.43 Å². The van der Waals surface area contributed by atoms with E-state index in [1.54, 1.807) is 10.8 Å². The van der Waals surface area contributed by atoms with Crippen molar-refractivity contribution in [1.82, 2.24) is 9.71 Å². The number of alkyl halides is 2. The van der Waals surface area contributed by atoms with E-state index in [0.717, 1.165) is 12.3 Å². The molecule has 5 nitrogen and oxygen atoms in total. The van der Waals surface area contributed by atoms with E-state index in [0.29, 0.717) is 0 Å². The number of sulfonamides is 1. The smallest absolute Gasteiger partial charge is 0.244 e. The Morgan fingerprint density at radius 3 is 2.62 bits per heavy atom. The minimum Gasteiger partial charge on any atom is -0.244 e. The van der Waals surface area contributed by atoms with Crippen molar-refractivity contribution in [2.75, 3.05) is 6.54 Å². The van der Waals surface area contributed by atoms with Gasteiger partial charge in [0.05, 0.1) is 6.54 Å². The second kappa shape index (κ2) is 4.96. The average molecular weight is 247 g/mol. The van der Waals surface area contributed by atoms with Crippen LogP contribution in [0.5, 0.6) is 0 Å². The predicted molar refractivity (Wildman–Crippen MR) is 50.1 cm³/mol. The van der Waals surface area contributed by atoms with Gasteiger partial charge in [0.2, 0.25) is 10.0 Å². The minimum atomic E-state index is -3.98. The summed E-state index contributed by atoms with van der Waals surface area (Å²) in [6, 6.07) is 4.03. The summed E-state index contributed by atoms with van der Waals surface area (Å²) in [5.74, 6) is 0. The molecule has 0 bridgehead atoms. The lowest BCUT2D eigenvalue weighted by Crippen LogP contribution is -2.28. The van der Waals surface area contributed by atoms with E-state index in [2.05, 4.69) is 4.98 Å². The molecule has 1 rings (SSSR count). The molecule has 0 atom stereocenters. The summed E-state index contributed by atoms with van der Waals surface area (Å²) in [6.45, 7) is -0.956. The van der Waals surface area contributed by atoms with E-state index in [-0.39, 0.29) is 10.6 Å². The van der Waals surface area contributed by atoms with E-state index < -0.39 is 23.0 Å². The van der Waals surface area contributed by atoms with Crippen LogP contribution in [0.4, 0.5) is 8.78 Å². The molecule has 8 heteroatoms. The molecule has 0 radical (unpaired) electrons. The van der Waals surface area contributed by atoms with Crippen LogP contribution in [0, 0.1) is 11.3 Å². The topological polar surface area (TPSA) is 82.8 Å². The Labute approximate surface area is 90.8 Å². The van der Waals surface area contributed by atoms with Crippen LogP contribution in [0.2, 0.25) is 0 Å². The van der Waals surface area contributed by atoms with Crippen LogP contribution < -0.4 is 4.72 Å². The van der Waals surface area contributed by atoms with E-state index in [4.69, 9.17) is 5.26 Å². The number of nitrogens with zero attached hydrogens (tertiary/aromatic N) is 2. The van der Waals surface area contributed by atoms with Gasteiger partial charge in [-0.15, -0.1) is 0 Å². The fourth-order valence-corrected chi connectivity index (χ4v) is 1.81. The van der Waals surface area contributed by atoms with Gasteiger partial charge >= 0.3 is 0 Å². The van der Waals surface area contributed by atoms with Crippen LogP contribution in [0.25, 0.3) is 0 Å². The quantitative estimate of drug-likeness (QED) is 0.839. The molecule has 0 aliphatic carbocycles. The van der Waals surface area contributed by atoms with Crippen molar-refractivity contribution in [2.24, 2.45) is 0 Å². The van der Waals surface area contributed by atoms with Crippen LogP contribution in [0.1, 0.15) is 5.69 Å². The Bertz CT molecular complexity index is 493. The molecule has 0 amide bonds. The molecule has 0 aliphatic rings. The van der Waals surface area contributed by atoms with Crippen LogP contribution in [-0.4, -0.2) is 26.4 Å². The van der Waals surface area contributed by atoms with Gasteiger partial charge in [0, 0.05) is 6.20 Å². The summed E-state index contributed by atoms with van der Waals surface area (Å²) in [4.78, 5) is 3.27. The zero-order valence-corrected chi connectivity index (χ0v) is 8.71. The van der Waals surface area contributed by atoms with E-state index in [9.17, 15) is 17.2 Å². The molecule has 0 saturated carbocycles. The van der Waals surface area contributed by atoms with Crippen molar-refractivity contribution in [2.45, 2.75) is 11.3 Å². The zero-order valence-electron chi connectivity index (χ0n) is 7.89. The molecule has 16 heavy (non-hydrogen) atoms. The number of aromatic nitrogens is 1. The lowest BCUT2D eigenvalue weighted by Gasteiger charge is -2.05. The van der Waals surface area contributed by atoms with E-state index in [1.165, 1.54) is 6.07 Å². The van der Waals surface area contributed by atoms with Gasteiger partial charge < -0.3 is 0 Å². The van der Waals surface area contributed by atoms with E-state index in [1.807, 2.05) is 0 Å². The highest BCUT2D eigenvalue weighted by molar-refractivity contribution is 7.89. The van der Waals surface area contributed by atoms with Gasteiger partial charge in [-0.05, 0) is 12.1 Å². The highest BCUT2D eigenvalue weighted by Crippen LogP contribution is 2.07. The summed E-state index contributed by atoms with van der Waals surface area (Å²) >= 11 is 0. The zero-order chi connectivity index (χ0) is 12.2. The Morgan fingerprint density at radius 2 is 2.19 bits per heavy atom. The fourth-order valence-electron chi connectivity index (χ4n) is 0.861. The molecule has 0 aromatic carbocycles. The summed E-state index contributed by atoms with van der Waals surface area (Å²) in [5.41, 5.74) is 0.0489. The fraction of sp³-hybridized carbons (Fsp3) is 0.250. The van der Waals surface area contributed by atoms with Gasteiger partial charge in [0.1, 0.15) is 16.7 Å². The van der Waals surface area contributed by atoms with Gasteiger partial charge in [-0.1, -0.05) is 0 Å². The Morgan fingerprint density at radius 1 is 1.50 bits per heavy atom. The summed E-state index contributed by atoms with van der Waals surface area (Å²) in [6.07, 6.45) is -1.83. The third-order valence-electron chi connectivity index (χ3n) is 1.59. The largest absolute Gasteiger partial charge is 0.251 e. The first-order valence-corrected chi connectivity index (χ1v) is 5.58. The molecule has 0 fully saturated rings. The normalized spacial score (nSPS) is 11.4. The van der Waals surface area contributed by atoms with Gasteiger partial charge in [-0.2, -0.15) is 5.26 Å². The molecular formula is C8H7F2N3O2S. The number of nitrogens with one attached hydrogen (secondary N) is 1. The molecule has 0 aliphatic heterocycles. The van der Waals surface area contributed by atoms with Crippen LogP contribution >= 0.6 is 0 Å². The first kappa shape index (κ1) is 12.5. The number of rotatable bonds is 4. The predicted octanol–water partition coefficient (Wildman–Crippen LogP) is 0.497. The summed E-state index contributed by atoms with van der Waals surface area (Å²) in [5, 5.41) is 8.43. The Hall–Kier alpha value is -1.59. The highest BCUT2D eigenvalue weighted by atomic mass is 32.2. The van der Waals surface area contributed by atoms with Crippen molar-refractivity contribution < 1.29 is 17.2 Å². The number of hydrogen-bond acceptors (Lipinski definition) is 4. The van der Waals surface area contributed by atoms with Gasteiger partial charge in [-0.3, -0.25) is 0 Å². The SMILES string of the molecule is N#Cc1ccc(S(=O)(=O)NCC(F)F)cn1. The van der Waals surface area contributed by atoms with Crippen molar-refractivity contribution in [3.8, 4) is 6.07 Å². The third-order valence-corrected chi connectivity index (χ3v) is 3.00. The number of pyridine rings is 1. The second-order valence-corrected chi connectivity index (χ2v) is 4.50. The summed E-state index contributed by atoms with van der Waals surface area (Å²) < 4.78 is 48.1. The maximum Gasteiger partial charge on any atom is 0.251 e. The Balaban J connectivity index is 2.87. The molecule has 0 spiro atoms. The van der Waals surface area contributed by atoms with Crippen molar-refractivity contribution in [1.29, 1.82) is 5.26 Å². The van der Waals surface area contributed by atoms with Crippen LogP contribution in [0.15, 0.2) is 23.2 Å². The molecule has 1 heterocycles. The first-order chi connectivity index (χ1) is 7.45. The highest BCUT2D eigenvalue weighted by Gasteiger charge is 2.16. The Kier molecular flexibility index (Phi) is 3.87. The molecule has 1 aromatic heterocycles. The maximum absolute atomic E-state index is 11.8. The van der Waals surface area contributed by atoms with Crippen LogP contribution in [0.3, 0.4) is 0 Å². The summed E-state index contributed by atoms with van der Waals surface area (Å²) in [7, 11) is -3.98. The number of nitriles is 1. The van der Waals surface area contributed by atoms with Crippen molar-refractivity contribution >= 4 is 10.0 Å². The lowest BCUT2D eigenvalue weighted by molar-refractivity contribution is 0.153. The second-order valence-electron chi connectivity index (χ2n) is 2.73. The molecule has 86 valence electrons. The average Bonchev–Trinajstić information content (AvgIpc) is 2.27. The van der Waals surface area contributed by atoms with Crippen molar-refractivity contribution in [3.63, 3.8) is 0 Å². The monoisotopic (exact) mass is 247 g/mol. The van der Waals surface area contributed by atoms with Crippen molar-refractivity contribution in [3.05, 3.63) is 24.0 Å².